The van der Waals surface area contributed by atoms with Crippen LogP contribution in [0.25, 0.3) is 0 Å². The lowest BCUT2D eigenvalue weighted by atomic mass is 9.89. The monoisotopic (exact) mass is 449 g/mol. The smallest absolute Gasteiger partial charge is 0.265 e. The molecule has 2 aromatic rings. The number of carbonyl (C=O) groups is 2. The number of piperidine rings is 1. The van der Waals surface area contributed by atoms with Gasteiger partial charge in [0.05, 0.1) is 0 Å². The van der Waals surface area contributed by atoms with Crippen LogP contribution in [0.5, 0.6) is 5.75 Å². The molecule has 2 aliphatic heterocycles. The molecular weight excluding hydrogens is 414 g/mol. The van der Waals surface area contributed by atoms with Gasteiger partial charge in [-0.2, -0.15) is 0 Å². The molecule has 2 heterocycles. The van der Waals surface area contributed by atoms with Gasteiger partial charge < -0.3 is 19.4 Å². The number of anilines is 2. The van der Waals surface area contributed by atoms with Crippen molar-refractivity contribution in [2.24, 2.45) is 5.41 Å². The summed E-state index contributed by atoms with van der Waals surface area (Å²) in [5, 5.41) is 0. The second kappa shape index (κ2) is 8.82. The number of amides is 2. The van der Waals surface area contributed by atoms with Gasteiger partial charge in [-0.1, -0.05) is 38.5 Å². The standard InChI is InChI=1S/C27H35N3O3/c1-18-7-12-23-21(15-18)22-16-28(5)14-13-24(22)30(23)25(31)17-33-20-10-8-19(9-11-20)29(6)26(32)27(2,3)4/h7-12,15,22,24H,13-14,16-17H2,1-6H3/t22-,24-/m1/s1. The maximum absolute atomic E-state index is 13.3. The van der Waals surface area contributed by atoms with E-state index in [1.165, 1.54) is 11.1 Å². The van der Waals surface area contributed by atoms with E-state index in [0.717, 1.165) is 30.9 Å². The average Bonchev–Trinajstić information content (AvgIpc) is 3.09. The van der Waals surface area contributed by atoms with E-state index in [1.807, 2.05) is 49.9 Å². The van der Waals surface area contributed by atoms with E-state index >= 15 is 0 Å². The van der Waals surface area contributed by atoms with E-state index in [9.17, 15) is 9.59 Å². The molecule has 176 valence electrons. The largest absolute Gasteiger partial charge is 0.484 e. The number of likely N-dealkylation sites (N-methyl/N-ethyl adjacent to an activating group) is 1. The van der Waals surface area contributed by atoms with Crippen LogP contribution < -0.4 is 14.5 Å². The van der Waals surface area contributed by atoms with Gasteiger partial charge in [-0.3, -0.25) is 9.59 Å². The summed E-state index contributed by atoms with van der Waals surface area (Å²) >= 11 is 0. The number of fused-ring (bicyclic) bond motifs is 3. The predicted octanol–water partition coefficient (Wildman–Crippen LogP) is 4.22. The van der Waals surface area contributed by atoms with Crippen molar-refractivity contribution in [2.45, 2.75) is 46.1 Å². The van der Waals surface area contributed by atoms with Gasteiger partial charge in [0.25, 0.3) is 5.91 Å². The van der Waals surface area contributed by atoms with Crippen molar-refractivity contribution in [3.63, 3.8) is 0 Å². The Morgan fingerprint density at radius 1 is 1.12 bits per heavy atom. The lowest BCUT2D eigenvalue weighted by molar-refractivity contribution is -0.125. The second-order valence-electron chi connectivity index (χ2n) is 10.4. The Kier molecular flexibility index (Phi) is 6.23. The van der Waals surface area contributed by atoms with Crippen molar-refractivity contribution in [2.75, 3.05) is 43.6 Å². The fourth-order valence-electron chi connectivity index (χ4n) is 5.01. The van der Waals surface area contributed by atoms with Crippen LogP contribution in [0.4, 0.5) is 11.4 Å². The molecule has 2 amide bonds. The molecule has 1 fully saturated rings. The van der Waals surface area contributed by atoms with Crippen LogP contribution in [0.1, 0.15) is 44.2 Å². The van der Waals surface area contributed by atoms with Gasteiger partial charge >= 0.3 is 0 Å². The normalized spacial score (nSPS) is 20.2. The van der Waals surface area contributed by atoms with Crippen molar-refractivity contribution < 1.29 is 14.3 Å². The molecular formula is C27H35N3O3. The van der Waals surface area contributed by atoms with E-state index in [0.29, 0.717) is 11.7 Å². The quantitative estimate of drug-likeness (QED) is 0.701. The maximum Gasteiger partial charge on any atom is 0.265 e. The number of ether oxygens (including phenoxy) is 1. The summed E-state index contributed by atoms with van der Waals surface area (Å²) in [7, 11) is 3.92. The zero-order valence-corrected chi connectivity index (χ0v) is 20.6. The molecule has 6 nitrogen and oxygen atoms in total. The summed E-state index contributed by atoms with van der Waals surface area (Å²) in [6.07, 6.45) is 0.962. The Morgan fingerprint density at radius 2 is 1.82 bits per heavy atom. The Labute approximate surface area is 197 Å². The van der Waals surface area contributed by atoms with Gasteiger partial charge in [0.2, 0.25) is 5.91 Å². The minimum absolute atomic E-state index is 0.0114. The number of carbonyl (C=O) groups excluding carboxylic acids is 2. The summed E-state index contributed by atoms with van der Waals surface area (Å²) in [4.78, 5) is 31.8. The van der Waals surface area contributed by atoms with Crippen molar-refractivity contribution in [1.82, 2.24) is 4.90 Å². The first-order valence-corrected chi connectivity index (χ1v) is 11.7. The van der Waals surface area contributed by atoms with Crippen molar-refractivity contribution in [1.29, 1.82) is 0 Å². The van der Waals surface area contributed by atoms with Crippen LogP contribution in [-0.4, -0.2) is 56.5 Å². The molecule has 0 aromatic heterocycles. The van der Waals surface area contributed by atoms with Crippen LogP contribution in [0.3, 0.4) is 0 Å². The highest BCUT2D eigenvalue weighted by Crippen LogP contribution is 2.45. The molecule has 0 bridgehead atoms. The Bertz CT molecular complexity index is 1040. The molecule has 1 saturated heterocycles. The van der Waals surface area contributed by atoms with Crippen LogP contribution in [0.15, 0.2) is 42.5 Å². The third-order valence-corrected chi connectivity index (χ3v) is 6.75. The number of aryl methyl sites for hydroxylation is 1. The van der Waals surface area contributed by atoms with Crippen molar-refractivity contribution in [3.05, 3.63) is 53.6 Å². The Hall–Kier alpha value is -2.86. The summed E-state index contributed by atoms with van der Waals surface area (Å²) in [6.45, 7) is 9.76. The highest BCUT2D eigenvalue weighted by Gasteiger charge is 2.43. The molecule has 0 saturated carbocycles. The predicted molar refractivity (Wildman–Crippen MR) is 132 cm³/mol. The van der Waals surface area contributed by atoms with Gasteiger partial charge in [0.1, 0.15) is 5.75 Å². The van der Waals surface area contributed by atoms with E-state index in [1.54, 1.807) is 11.9 Å². The molecule has 33 heavy (non-hydrogen) atoms. The van der Waals surface area contributed by atoms with Crippen LogP contribution in [0, 0.1) is 12.3 Å². The van der Waals surface area contributed by atoms with Gasteiger partial charge in [0.15, 0.2) is 6.61 Å². The lowest BCUT2D eigenvalue weighted by Gasteiger charge is -2.36. The number of hydrogen-bond acceptors (Lipinski definition) is 4. The Morgan fingerprint density at radius 3 is 2.48 bits per heavy atom. The molecule has 2 aliphatic rings. The third kappa shape index (κ3) is 4.62. The fraction of sp³-hybridized carbons (Fsp3) is 0.481. The second-order valence-corrected chi connectivity index (χ2v) is 10.4. The molecule has 4 rings (SSSR count). The van der Waals surface area contributed by atoms with E-state index in [2.05, 4.69) is 37.1 Å². The van der Waals surface area contributed by atoms with Crippen LogP contribution >= 0.6 is 0 Å². The lowest BCUT2D eigenvalue weighted by Crippen LogP contribution is -2.48. The van der Waals surface area contributed by atoms with Crippen molar-refractivity contribution >= 4 is 23.2 Å². The fourth-order valence-corrected chi connectivity index (χ4v) is 5.01. The van der Waals surface area contributed by atoms with E-state index in [4.69, 9.17) is 4.74 Å². The molecule has 2 atom stereocenters. The first-order valence-electron chi connectivity index (χ1n) is 11.7. The summed E-state index contributed by atoms with van der Waals surface area (Å²) < 4.78 is 5.88. The molecule has 0 N–H and O–H groups in total. The minimum atomic E-state index is -0.452. The highest BCUT2D eigenvalue weighted by atomic mass is 16.5. The molecule has 0 spiro atoms. The molecule has 0 aliphatic carbocycles. The molecule has 0 unspecified atom stereocenters. The van der Waals surface area contributed by atoms with Gasteiger partial charge in [-0.15, -0.1) is 0 Å². The highest BCUT2D eigenvalue weighted by molar-refractivity contribution is 5.98. The number of hydrogen-bond donors (Lipinski definition) is 0. The molecule has 2 aromatic carbocycles. The minimum Gasteiger partial charge on any atom is -0.484 e. The SMILES string of the molecule is Cc1ccc2c(c1)[C@H]1CN(C)CC[C@H]1N2C(=O)COc1ccc(N(C)C(=O)C(C)(C)C)cc1. The first kappa shape index (κ1) is 23.3. The maximum atomic E-state index is 13.3. The average molecular weight is 450 g/mol. The topological polar surface area (TPSA) is 53.1 Å². The number of rotatable bonds is 4. The summed E-state index contributed by atoms with van der Waals surface area (Å²) in [5.41, 5.74) is 3.87. The molecule has 6 heteroatoms. The zero-order chi connectivity index (χ0) is 23.9. The number of likely N-dealkylation sites (tertiary alicyclic amines) is 1. The summed E-state index contributed by atoms with van der Waals surface area (Å²) in [5.74, 6) is 0.993. The van der Waals surface area contributed by atoms with Gasteiger partial charge in [-0.25, -0.2) is 0 Å². The number of nitrogens with zero attached hydrogens (tertiary/aromatic N) is 3. The first-order chi connectivity index (χ1) is 15.6. The van der Waals surface area contributed by atoms with E-state index in [-0.39, 0.29) is 24.5 Å². The van der Waals surface area contributed by atoms with E-state index < -0.39 is 5.41 Å². The van der Waals surface area contributed by atoms with Gasteiger partial charge in [0, 0.05) is 42.3 Å². The third-order valence-electron chi connectivity index (χ3n) is 6.75. The van der Waals surface area contributed by atoms with Crippen LogP contribution in [0.2, 0.25) is 0 Å². The Balaban J connectivity index is 1.45. The summed E-state index contributed by atoms with van der Waals surface area (Å²) in [6, 6.07) is 13.9. The zero-order valence-electron chi connectivity index (χ0n) is 20.6. The molecule has 0 radical (unpaired) electrons. The van der Waals surface area contributed by atoms with Crippen molar-refractivity contribution in [3.8, 4) is 5.75 Å². The van der Waals surface area contributed by atoms with Gasteiger partial charge in [-0.05, 0) is 62.8 Å². The number of benzene rings is 2. The van der Waals surface area contributed by atoms with Crippen LogP contribution in [-0.2, 0) is 9.59 Å².